The van der Waals surface area contributed by atoms with Crippen LogP contribution in [0.15, 0.2) is 12.1 Å². The van der Waals surface area contributed by atoms with E-state index in [1.165, 1.54) is 0 Å². The first-order valence-electron chi connectivity index (χ1n) is 6.62. The van der Waals surface area contributed by atoms with Crippen LogP contribution in [0.25, 0.3) is 0 Å². The Morgan fingerprint density at radius 2 is 2.15 bits per heavy atom. The van der Waals surface area contributed by atoms with Gasteiger partial charge in [0.1, 0.15) is 6.61 Å². The highest BCUT2D eigenvalue weighted by atomic mass is 19.3. The van der Waals surface area contributed by atoms with E-state index < -0.39 is 12.5 Å². The fraction of sp³-hybridized carbons (Fsp3) is 0.500. The third-order valence-corrected chi connectivity index (χ3v) is 4.02. The Hall–Kier alpha value is -1.53. The van der Waals surface area contributed by atoms with E-state index in [0.717, 1.165) is 16.7 Å². The highest BCUT2D eigenvalue weighted by Crippen LogP contribution is 2.30. The van der Waals surface area contributed by atoms with Crippen LogP contribution in [0.1, 0.15) is 33.1 Å². The molecule has 2 unspecified atom stereocenters. The summed E-state index contributed by atoms with van der Waals surface area (Å²) in [6.45, 7) is 3.04. The lowest BCUT2D eigenvalue weighted by Crippen LogP contribution is -2.53. The number of halogens is 2. The van der Waals surface area contributed by atoms with Crippen LogP contribution in [-0.4, -0.2) is 31.5 Å². The minimum absolute atomic E-state index is 0.177. The first-order valence-corrected chi connectivity index (χ1v) is 6.62. The zero-order valence-electron chi connectivity index (χ0n) is 11.1. The molecule has 2 aliphatic rings. The SMILES string of the molecule is Cc1c(C2CNCC(C(F)F)N2)ccc2c1COC2=O. The number of carbonyl (C=O) groups excluding carboxylic acids is 1. The molecule has 6 heteroatoms. The molecule has 1 fully saturated rings. The van der Waals surface area contributed by atoms with Gasteiger partial charge in [-0.15, -0.1) is 0 Å². The van der Waals surface area contributed by atoms with Gasteiger partial charge in [-0.3, -0.25) is 5.32 Å². The van der Waals surface area contributed by atoms with Crippen LogP contribution >= 0.6 is 0 Å². The summed E-state index contributed by atoms with van der Waals surface area (Å²) in [5.74, 6) is -0.310. The number of rotatable bonds is 2. The van der Waals surface area contributed by atoms with E-state index >= 15 is 0 Å². The molecular weight excluding hydrogens is 266 g/mol. The first kappa shape index (κ1) is 13.5. The molecule has 0 spiro atoms. The smallest absolute Gasteiger partial charge is 0.338 e. The van der Waals surface area contributed by atoms with Crippen molar-refractivity contribution >= 4 is 5.97 Å². The zero-order chi connectivity index (χ0) is 14.3. The monoisotopic (exact) mass is 282 g/mol. The lowest BCUT2D eigenvalue weighted by Gasteiger charge is -2.32. The molecule has 2 N–H and O–H groups in total. The molecule has 2 heterocycles. The van der Waals surface area contributed by atoms with Gasteiger partial charge in [-0.2, -0.15) is 0 Å². The fourth-order valence-corrected chi connectivity index (χ4v) is 2.87. The van der Waals surface area contributed by atoms with Crippen molar-refractivity contribution in [3.8, 4) is 0 Å². The number of piperazine rings is 1. The molecule has 2 atom stereocenters. The van der Waals surface area contributed by atoms with E-state index in [4.69, 9.17) is 4.74 Å². The van der Waals surface area contributed by atoms with Crippen molar-refractivity contribution in [3.63, 3.8) is 0 Å². The van der Waals surface area contributed by atoms with Gasteiger partial charge in [0, 0.05) is 24.7 Å². The average molecular weight is 282 g/mol. The third-order valence-electron chi connectivity index (χ3n) is 4.02. The molecule has 0 radical (unpaired) electrons. The largest absolute Gasteiger partial charge is 0.457 e. The molecule has 1 aromatic carbocycles. The summed E-state index contributed by atoms with van der Waals surface area (Å²) in [7, 11) is 0. The van der Waals surface area contributed by atoms with Crippen LogP contribution in [0.5, 0.6) is 0 Å². The van der Waals surface area contributed by atoms with Crippen molar-refractivity contribution in [2.75, 3.05) is 13.1 Å². The number of cyclic esters (lactones) is 1. The Balaban J connectivity index is 1.89. The lowest BCUT2D eigenvalue weighted by molar-refractivity contribution is 0.0534. The Bertz CT molecular complexity index is 548. The average Bonchev–Trinajstić information content (AvgIpc) is 2.82. The van der Waals surface area contributed by atoms with Gasteiger partial charge >= 0.3 is 5.97 Å². The number of alkyl halides is 2. The van der Waals surface area contributed by atoms with Crippen molar-refractivity contribution in [1.82, 2.24) is 10.6 Å². The quantitative estimate of drug-likeness (QED) is 0.808. The molecule has 1 saturated heterocycles. The van der Waals surface area contributed by atoms with E-state index in [1.54, 1.807) is 6.07 Å². The topological polar surface area (TPSA) is 50.4 Å². The Morgan fingerprint density at radius 1 is 1.35 bits per heavy atom. The number of fused-ring (bicyclic) bond motifs is 1. The van der Waals surface area contributed by atoms with E-state index in [9.17, 15) is 13.6 Å². The number of esters is 1. The third kappa shape index (κ3) is 2.19. The van der Waals surface area contributed by atoms with E-state index in [1.807, 2.05) is 13.0 Å². The van der Waals surface area contributed by atoms with Gasteiger partial charge in [0.15, 0.2) is 0 Å². The normalized spacial score (nSPS) is 25.7. The zero-order valence-corrected chi connectivity index (χ0v) is 11.1. The molecule has 0 aromatic heterocycles. The molecule has 2 aliphatic heterocycles. The fourth-order valence-electron chi connectivity index (χ4n) is 2.87. The number of carbonyl (C=O) groups is 1. The molecule has 0 amide bonds. The van der Waals surface area contributed by atoms with Crippen LogP contribution in [0, 0.1) is 6.92 Å². The molecule has 1 aromatic rings. The maximum atomic E-state index is 12.8. The first-order chi connectivity index (χ1) is 9.58. The molecule has 0 bridgehead atoms. The van der Waals surface area contributed by atoms with E-state index in [-0.39, 0.29) is 25.2 Å². The highest BCUT2D eigenvalue weighted by Gasteiger charge is 2.31. The molecule has 108 valence electrons. The Morgan fingerprint density at radius 3 is 2.90 bits per heavy atom. The van der Waals surface area contributed by atoms with Crippen molar-refractivity contribution in [1.29, 1.82) is 0 Å². The van der Waals surface area contributed by atoms with Crippen LogP contribution in [0.4, 0.5) is 8.78 Å². The maximum absolute atomic E-state index is 12.8. The van der Waals surface area contributed by atoms with Gasteiger partial charge in [0.05, 0.1) is 11.6 Å². The second-order valence-electron chi connectivity index (χ2n) is 5.20. The van der Waals surface area contributed by atoms with Gasteiger partial charge in [-0.25, -0.2) is 13.6 Å². The summed E-state index contributed by atoms with van der Waals surface area (Å²) in [5, 5.41) is 6.00. The Kier molecular flexibility index (Phi) is 3.43. The van der Waals surface area contributed by atoms with Crippen molar-refractivity contribution < 1.29 is 18.3 Å². The standard InChI is InChI=1S/C14H16F2N2O2/c1-7-8(2-3-9-10(7)6-20-14(9)19)11-4-17-5-12(18-11)13(15)16/h2-3,11-13,17-18H,4-6H2,1H3. The summed E-state index contributed by atoms with van der Waals surface area (Å²) < 4.78 is 30.6. The van der Waals surface area contributed by atoms with Crippen LogP contribution in [0.3, 0.4) is 0 Å². The molecular formula is C14H16F2N2O2. The van der Waals surface area contributed by atoms with E-state index in [0.29, 0.717) is 12.1 Å². The second-order valence-corrected chi connectivity index (χ2v) is 5.20. The van der Waals surface area contributed by atoms with Gasteiger partial charge in [-0.1, -0.05) is 6.07 Å². The molecule has 0 aliphatic carbocycles. The molecule has 20 heavy (non-hydrogen) atoms. The van der Waals surface area contributed by atoms with Gasteiger partial charge < -0.3 is 10.1 Å². The van der Waals surface area contributed by atoms with Gasteiger partial charge in [0.2, 0.25) is 0 Å². The summed E-state index contributed by atoms with van der Waals surface area (Å²) in [5.41, 5.74) is 3.34. The summed E-state index contributed by atoms with van der Waals surface area (Å²) in [4.78, 5) is 11.5. The lowest BCUT2D eigenvalue weighted by atomic mass is 9.93. The maximum Gasteiger partial charge on any atom is 0.338 e. The number of ether oxygens (including phenoxy) is 1. The molecule has 0 saturated carbocycles. The Labute approximate surface area is 115 Å². The molecule has 3 rings (SSSR count). The van der Waals surface area contributed by atoms with Crippen LogP contribution in [0.2, 0.25) is 0 Å². The number of hydrogen-bond donors (Lipinski definition) is 2. The number of hydrogen-bond acceptors (Lipinski definition) is 4. The minimum atomic E-state index is -2.40. The minimum Gasteiger partial charge on any atom is -0.457 e. The van der Waals surface area contributed by atoms with Crippen LogP contribution in [-0.2, 0) is 11.3 Å². The number of nitrogens with one attached hydrogen (secondary N) is 2. The van der Waals surface area contributed by atoms with Crippen molar-refractivity contribution in [3.05, 3.63) is 34.4 Å². The van der Waals surface area contributed by atoms with Crippen LogP contribution < -0.4 is 10.6 Å². The van der Waals surface area contributed by atoms with Crippen molar-refractivity contribution in [2.45, 2.75) is 32.0 Å². The van der Waals surface area contributed by atoms with Gasteiger partial charge in [0.25, 0.3) is 6.43 Å². The van der Waals surface area contributed by atoms with E-state index in [2.05, 4.69) is 10.6 Å². The van der Waals surface area contributed by atoms with Gasteiger partial charge in [-0.05, 0) is 24.1 Å². The summed E-state index contributed by atoms with van der Waals surface area (Å²) in [6.07, 6.45) is -2.40. The summed E-state index contributed by atoms with van der Waals surface area (Å²) in [6, 6.07) is 2.53. The molecule has 4 nitrogen and oxygen atoms in total. The second kappa shape index (κ2) is 5.10. The number of benzene rings is 1. The van der Waals surface area contributed by atoms with Crippen molar-refractivity contribution in [2.24, 2.45) is 0 Å². The summed E-state index contributed by atoms with van der Waals surface area (Å²) >= 11 is 0. The predicted molar refractivity (Wildman–Crippen MR) is 68.8 cm³/mol. The highest BCUT2D eigenvalue weighted by molar-refractivity contribution is 5.93. The predicted octanol–water partition coefficient (Wildman–Crippen LogP) is 1.53.